The Morgan fingerprint density at radius 1 is 1.12 bits per heavy atom. The average Bonchev–Trinajstić information content (AvgIpc) is 2.24. The first-order valence-corrected chi connectivity index (χ1v) is 5.44. The molecule has 0 saturated carbocycles. The van der Waals surface area contributed by atoms with Crippen molar-refractivity contribution < 1.29 is 22.6 Å². The van der Waals surface area contributed by atoms with Crippen LogP contribution in [0.1, 0.15) is 19.4 Å². The van der Waals surface area contributed by atoms with E-state index in [1.54, 1.807) is 0 Å². The van der Waals surface area contributed by atoms with E-state index in [0.29, 0.717) is 5.56 Å². The van der Waals surface area contributed by atoms with Crippen LogP contribution < -0.4 is 9.47 Å². The van der Waals surface area contributed by atoms with Crippen molar-refractivity contribution in [2.24, 2.45) is 0 Å². The number of benzene rings is 1. The molecule has 0 N–H and O–H groups in total. The molecule has 0 radical (unpaired) electrons. The van der Waals surface area contributed by atoms with Gasteiger partial charge in [0.1, 0.15) is 0 Å². The Bertz CT molecular complexity index is 408. The number of para-hydroxylation sites is 1. The molecule has 0 bridgehead atoms. The third-order valence-corrected chi connectivity index (χ3v) is 2.28. The third kappa shape index (κ3) is 2.44. The zero-order chi connectivity index (χ0) is 13.3. The molecular formula is C11H12ClF3O2. The maximum Gasteiger partial charge on any atom is 0.488 e. The summed E-state index contributed by atoms with van der Waals surface area (Å²) in [5.41, 5.74) is 0.416. The third-order valence-electron chi connectivity index (χ3n) is 1.98. The second kappa shape index (κ2) is 4.64. The predicted octanol–water partition coefficient (Wildman–Crippen LogP) is 4.25. The molecule has 1 atom stereocenters. The number of alkyl halides is 4. The Kier molecular flexibility index (Phi) is 3.81. The zero-order valence-electron chi connectivity index (χ0n) is 9.56. The van der Waals surface area contributed by atoms with Crippen molar-refractivity contribution in [1.29, 1.82) is 0 Å². The van der Waals surface area contributed by atoms with Crippen LogP contribution in [0.5, 0.6) is 11.5 Å². The lowest BCUT2D eigenvalue weighted by Gasteiger charge is -2.33. The van der Waals surface area contributed by atoms with E-state index in [2.05, 4.69) is 9.47 Å². The summed E-state index contributed by atoms with van der Waals surface area (Å²) in [5, 5.41) is -3.67. The topological polar surface area (TPSA) is 18.5 Å². The Balaban J connectivity index is 0.000000686. The van der Waals surface area contributed by atoms with Gasteiger partial charge in [0.15, 0.2) is 11.5 Å². The molecular weight excluding hydrogens is 257 g/mol. The van der Waals surface area contributed by atoms with E-state index in [9.17, 15) is 13.2 Å². The SMILES string of the molecule is CC.Cc1cccc2c1OC(F)(F)C(F)(Cl)O2. The summed E-state index contributed by atoms with van der Waals surface area (Å²) in [7, 11) is 0. The average molecular weight is 269 g/mol. The highest BCUT2D eigenvalue weighted by atomic mass is 35.5. The summed E-state index contributed by atoms with van der Waals surface area (Å²) in [6.45, 7) is 5.54. The number of hydrogen-bond donors (Lipinski definition) is 0. The van der Waals surface area contributed by atoms with Crippen molar-refractivity contribution in [2.45, 2.75) is 32.2 Å². The summed E-state index contributed by atoms with van der Waals surface area (Å²) < 4.78 is 47.6. The zero-order valence-corrected chi connectivity index (χ0v) is 10.3. The Labute approximate surface area is 102 Å². The Hall–Kier alpha value is -1.10. The Morgan fingerprint density at radius 2 is 1.71 bits per heavy atom. The van der Waals surface area contributed by atoms with Gasteiger partial charge in [0.2, 0.25) is 0 Å². The number of ether oxygens (including phenoxy) is 2. The van der Waals surface area contributed by atoms with Crippen molar-refractivity contribution in [1.82, 2.24) is 0 Å². The highest BCUT2D eigenvalue weighted by Gasteiger charge is 2.63. The van der Waals surface area contributed by atoms with Gasteiger partial charge in [0.25, 0.3) is 0 Å². The predicted molar refractivity (Wildman–Crippen MR) is 58.4 cm³/mol. The molecule has 17 heavy (non-hydrogen) atoms. The Morgan fingerprint density at radius 3 is 2.29 bits per heavy atom. The molecule has 1 aromatic rings. The van der Waals surface area contributed by atoms with Crippen molar-refractivity contribution in [2.75, 3.05) is 0 Å². The van der Waals surface area contributed by atoms with Crippen LogP contribution in [0.3, 0.4) is 0 Å². The van der Waals surface area contributed by atoms with Gasteiger partial charge in [-0.3, -0.25) is 0 Å². The van der Waals surface area contributed by atoms with Crippen molar-refractivity contribution >= 4 is 11.6 Å². The molecule has 0 aliphatic carbocycles. The highest BCUT2D eigenvalue weighted by molar-refractivity contribution is 6.22. The van der Waals surface area contributed by atoms with Gasteiger partial charge in [-0.2, -0.15) is 13.2 Å². The van der Waals surface area contributed by atoms with Crippen LogP contribution in [0.4, 0.5) is 13.2 Å². The summed E-state index contributed by atoms with van der Waals surface area (Å²) in [5.74, 6) is -0.338. The highest BCUT2D eigenvalue weighted by Crippen LogP contribution is 2.48. The fraction of sp³-hybridized carbons (Fsp3) is 0.455. The lowest BCUT2D eigenvalue weighted by molar-refractivity contribution is -0.303. The quantitative estimate of drug-likeness (QED) is 0.655. The molecule has 2 nitrogen and oxygen atoms in total. The maximum absolute atomic E-state index is 13.1. The molecule has 1 aromatic carbocycles. The smallest absolute Gasteiger partial charge is 0.434 e. The number of fused-ring (bicyclic) bond motifs is 1. The van der Waals surface area contributed by atoms with Crippen LogP contribution in [-0.4, -0.2) is 11.4 Å². The van der Waals surface area contributed by atoms with Gasteiger partial charge >= 0.3 is 11.4 Å². The second-order valence-corrected chi connectivity index (χ2v) is 3.63. The van der Waals surface area contributed by atoms with Gasteiger partial charge < -0.3 is 9.47 Å². The minimum atomic E-state index is -4.21. The van der Waals surface area contributed by atoms with Gasteiger partial charge in [0, 0.05) is 0 Å². The van der Waals surface area contributed by atoms with Crippen LogP contribution in [0.25, 0.3) is 0 Å². The van der Waals surface area contributed by atoms with Crippen molar-refractivity contribution in [3.8, 4) is 11.5 Å². The minimum absolute atomic E-state index is 0.140. The summed E-state index contributed by atoms with van der Waals surface area (Å²) in [6.07, 6.45) is -4.21. The molecule has 2 rings (SSSR count). The van der Waals surface area contributed by atoms with Crippen LogP contribution in [-0.2, 0) is 0 Å². The molecule has 1 aliphatic rings. The van der Waals surface area contributed by atoms with Gasteiger partial charge in [-0.1, -0.05) is 26.0 Å². The summed E-state index contributed by atoms with van der Waals surface area (Å²) in [6, 6.07) is 4.36. The molecule has 0 fully saturated rings. The maximum atomic E-state index is 13.1. The molecule has 0 aromatic heterocycles. The molecule has 1 aliphatic heterocycles. The van der Waals surface area contributed by atoms with E-state index < -0.39 is 11.4 Å². The van der Waals surface area contributed by atoms with Crippen LogP contribution in [0, 0.1) is 6.92 Å². The summed E-state index contributed by atoms with van der Waals surface area (Å²) >= 11 is 4.88. The van der Waals surface area contributed by atoms with E-state index >= 15 is 0 Å². The monoisotopic (exact) mass is 268 g/mol. The van der Waals surface area contributed by atoms with Crippen molar-refractivity contribution in [3.05, 3.63) is 23.8 Å². The van der Waals surface area contributed by atoms with Gasteiger partial charge in [0.05, 0.1) is 0 Å². The standard InChI is InChI=1S/C9H6ClF3O2.C2H6/c1-5-3-2-4-6-7(5)15-9(12,13)8(10,11)14-6;1-2/h2-4H,1H3;1-2H3. The normalized spacial score (nSPS) is 24.6. The fourth-order valence-corrected chi connectivity index (χ4v) is 1.34. The first-order valence-electron chi connectivity index (χ1n) is 5.07. The van der Waals surface area contributed by atoms with Gasteiger partial charge in [-0.15, -0.1) is 0 Å². The first-order chi connectivity index (χ1) is 7.83. The first kappa shape index (κ1) is 14.0. The van der Waals surface area contributed by atoms with E-state index in [1.807, 2.05) is 13.8 Å². The van der Waals surface area contributed by atoms with Gasteiger partial charge in [-0.25, -0.2) is 0 Å². The molecule has 1 unspecified atom stereocenters. The number of halogens is 4. The second-order valence-electron chi connectivity index (χ2n) is 3.14. The molecule has 96 valence electrons. The number of aryl methyl sites for hydroxylation is 1. The molecule has 1 heterocycles. The van der Waals surface area contributed by atoms with E-state index in [0.717, 1.165) is 0 Å². The summed E-state index contributed by atoms with van der Waals surface area (Å²) in [4.78, 5) is 0. The molecule has 6 heteroatoms. The lowest BCUT2D eigenvalue weighted by atomic mass is 10.2. The molecule has 0 amide bonds. The number of hydrogen-bond acceptors (Lipinski definition) is 2. The molecule has 0 spiro atoms. The van der Waals surface area contributed by atoms with Crippen LogP contribution in [0.15, 0.2) is 18.2 Å². The van der Waals surface area contributed by atoms with Gasteiger partial charge in [-0.05, 0) is 30.2 Å². The van der Waals surface area contributed by atoms with E-state index in [1.165, 1.54) is 25.1 Å². The minimum Gasteiger partial charge on any atom is -0.434 e. The van der Waals surface area contributed by atoms with Crippen LogP contribution in [0.2, 0.25) is 0 Å². The molecule has 0 saturated heterocycles. The lowest BCUT2D eigenvalue weighted by Crippen LogP contribution is -2.51. The number of rotatable bonds is 0. The van der Waals surface area contributed by atoms with Crippen molar-refractivity contribution in [3.63, 3.8) is 0 Å². The largest absolute Gasteiger partial charge is 0.488 e. The van der Waals surface area contributed by atoms with E-state index in [-0.39, 0.29) is 11.5 Å². The van der Waals surface area contributed by atoms with Crippen LogP contribution >= 0.6 is 11.6 Å². The van der Waals surface area contributed by atoms with E-state index in [4.69, 9.17) is 11.6 Å². The fourth-order valence-electron chi connectivity index (χ4n) is 1.22.